The molecule has 2 heterocycles. The normalized spacial score (nSPS) is 14.9. The first-order chi connectivity index (χ1) is 15.4. The van der Waals surface area contributed by atoms with Crippen molar-refractivity contribution in [2.75, 3.05) is 11.9 Å². The number of benzene rings is 2. The second-order valence-electron chi connectivity index (χ2n) is 6.77. The molecule has 2 amide bonds. The number of aromatic nitrogens is 1. The molecular weight excluding hydrogens is 505 g/mol. The predicted octanol–water partition coefficient (Wildman–Crippen LogP) is 5.88. The van der Waals surface area contributed by atoms with Crippen molar-refractivity contribution in [3.05, 3.63) is 85.7 Å². The number of hydrogen-bond acceptors (Lipinski definition) is 6. The minimum atomic E-state index is -0.368. The fourth-order valence-electron chi connectivity index (χ4n) is 2.92. The summed E-state index contributed by atoms with van der Waals surface area (Å²) < 4.78 is 0.325. The van der Waals surface area contributed by atoms with Crippen molar-refractivity contribution in [2.45, 2.75) is 6.42 Å². The van der Waals surface area contributed by atoms with E-state index >= 15 is 0 Å². The Kier molecular flexibility index (Phi) is 7.27. The van der Waals surface area contributed by atoms with Crippen LogP contribution in [-0.4, -0.2) is 32.6 Å². The third-order valence-corrected chi connectivity index (χ3v) is 7.35. The summed E-state index contributed by atoms with van der Waals surface area (Å²) in [4.78, 5) is 32.2. The number of anilines is 1. The monoisotopic (exact) mass is 519 g/mol. The molecule has 1 aliphatic rings. The quantitative estimate of drug-likeness (QED) is 0.325. The number of carbonyl (C=O) groups is 2. The van der Waals surface area contributed by atoms with E-state index in [1.807, 2.05) is 42.5 Å². The van der Waals surface area contributed by atoms with E-state index < -0.39 is 0 Å². The number of halogens is 2. The Labute approximate surface area is 208 Å². The number of nitrogens with zero attached hydrogens (tertiary/aromatic N) is 2. The fraction of sp³-hybridized carbons (Fsp3) is 0.0909. The number of hydrogen-bond donors (Lipinski definition) is 1. The molecule has 1 fully saturated rings. The van der Waals surface area contributed by atoms with Gasteiger partial charge in [0.25, 0.3) is 5.91 Å². The molecule has 0 aliphatic carbocycles. The molecular formula is C22H15Cl2N3O2S3. The van der Waals surface area contributed by atoms with Crippen molar-refractivity contribution >= 4 is 85.9 Å². The van der Waals surface area contributed by atoms with Gasteiger partial charge >= 0.3 is 0 Å². The Morgan fingerprint density at radius 2 is 1.91 bits per heavy atom. The van der Waals surface area contributed by atoms with Gasteiger partial charge in [-0.25, -0.2) is 4.98 Å². The maximum Gasteiger partial charge on any atom is 0.266 e. The maximum absolute atomic E-state index is 12.8. The van der Waals surface area contributed by atoms with Crippen LogP contribution in [0.1, 0.15) is 16.0 Å². The smallest absolute Gasteiger partial charge is 0.266 e. The molecule has 1 aliphatic heterocycles. The summed E-state index contributed by atoms with van der Waals surface area (Å²) in [6, 6.07) is 14.8. The lowest BCUT2D eigenvalue weighted by Gasteiger charge is -2.13. The maximum atomic E-state index is 12.8. The van der Waals surface area contributed by atoms with Gasteiger partial charge in [0.2, 0.25) is 5.91 Å². The number of thioether (sulfide) groups is 1. The number of carbonyl (C=O) groups excluding carboxylic acids is 2. The largest absolute Gasteiger partial charge is 0.300 e. The van der Waals surface area contributed by atoms with E-state index in [0.717, 1.165) is 27.8 Å². The van der Waals surface area contributed by atoms with Crippen LogP contribution in [0.5, 0.6) is 0 Å². The van der Waals surface area contributed by atoms with Gasteiger partial charge in [0.15, 0.2) is 5.13 Å². The number of thiazole rings is 1. The first kappa shape index (κ1) is 22.9. The van der Waals surface area contributed by atoms with Crippen molar-refractivity contribution in [2.24, 2.45) is 0 Å². The van der Waals surface area contributed by atoms with Gasteiger partial charge in [0.1, 0.15) is 10.9 Å². The molecule has 0 atom stereocenters. The molecule has 0 spiro atoms. The highest BCUT2D eigenvalue weighted by molar-refractivity contribution is 8.26. The van der Waals surface area contributed by atoms with E-state index in [1.54, 1.807) is 18.3 Å². The third-order valence-electron chi connectivity index (χ3n) is 4.46. The molecule has 1 N–H and O–H groups in total. The van der Waals surface area contributed by atoms with Crippen molar-refractivity contribution in [3.63, 3.8) is 0 Å². The molecule has 32 heavy (non-hydrogen) atoms. The molecule has 3 aromatic rings. The third kappa shape index (κ3) is 5.57. The van der Waals surface area contributed by atoms with Crippen LogP contribution in [-0.2, 0) is 16.0 Å². The molecule has 0 saturated carbocycles. The lowest BCUT2D eigenvalue weighted by atomic mass is 10.1. The van der Waals surface area contributed by atoms with Gasteiger partial charge in [-0.1, -0.05) is 77.5 Å². The Bertz CT molecular complexity index is 1230. The Morgan fingerprint density at radius 3 is 2.66 bits per heavy atom. The summed E-state index contributed by atoms with van der Waals surface area (Å²) >= 11 is 19.9. The van der Waals surface area contributed by atoms with E-state index in [9.17, 15) is 9.59 Å². The van der Waals surface area contributed by atoms with Crippen molar-refractivity contribution in [3.8, 4) is 0 Å². The first-order valence-corrected chi connectivity index (χ1v) is 12.2. The second kappa shape index (κ2) is 10.1. The van der Waals surface area contributed by atoms with Crippen LogP contribution in [0, 0.1) is 0 Å². The average molecular weight is 520 g/mol. The lowest BCUT2D eigenvalue weighted by molar-refractivity contribution is -0.126. The van der Waals surface area contributed by atoms with E-state index in [-0.39, 0.29) is 18.4 Å². The van der Waals surface area contributed by atoms with Gasteiger partial charge in [-0.3, -0.25) is 14.5 Å². The average Bonchev–Trinajstić information content (AvgIpc) is 3.30. The highest BCUT2D eigenvalue weighted by atomic mass is 35.5. The summed E-state index contributed by atoms with van der Waals surface area (Å²) in [5.74, 6) is -0.690. The van der Waals surface area contributed by atoms with Crippen molar-refractivity contribution in [1.82, 2.24) is 9.88 Å². The molecule has 5 nitrogen and oxygen atoms in total. The molecule has 0 bridgehead atoms. The summed E-state index contributed by atoms with van der Waals surface area (Å²) in [6.07, 6.45) is 4.09. The summed E-state index contributed by atoms with van der Waals surface area (Å²) in [5, 5.41) is 4.43. The van der Waals surface area contributed by atoms with Gasteiger partial charge in [0, 0.05) is 27.5 Å². The van der Waals surface area contributed by atoms with E-state index in [2.05, 4.69) is 10.3 Å². The van der Waals surface area contributed by atoms with Gasteiger partial charge in [-0.15, -0.1) is 11.3 Å². The van der Waals surface area contributed by atoms with Crippen LogP contribution in [0.2, 0.25) is 10.0 Å². The zero-order chi connectivity index (χ0) is 22.7. The Balaban J connectivity index is 1.37. The van der Waals surface area contributed by atoms with Crippen LogP contribution in [0.15, 0.2) is 59.6 Å². The molecule has 1 aromatic heterocycles. The fourth-order valence-corrected chi connectivity index (χ4v) is 5.35. The number of amides is 2. The number of nitrogens with one attached hydrogen (secondary N) is 1. The van der Waals surface area contributed by atoms with Crippen LogP contribution in [0.25, 0.3) is 6.08 Å². The molecule has 4 rings (SSSR count). The van der Waals surface area contributed by atoms with Crippen molar-refractivity contribution in [1.29, 1.82) is 0 Å². The van der Waals surface area contributed by atoms with E-state index in [0.29, 0.717) is 30.8 Å². The number of rotatable bonds is 6. The molecule has 2 aromatic carbocycles. The van der Waals surface area contributed by atoms with Crippen LogP contribution in [0.4, 0.5) is 5.13 Å². The van der Waals surface area contributed by atoms with Crippen molar-refractivity contribution < 1.29 is 9.59 Å². The van der Waals surface area contributed by atoms with Gasteiger partial charge < -0.3 is 5.32 Å². The Morgan fingerprint density at radius 1 is 1.16 bits per heavy atom. The first-order valence-electron chi connectivity index (χ1n) is 9.38. The standard InChI is InChI=1S/C22H15Cl2N3O2S3/c23-15-7-5-13(6-8-15)9-16-11-25-21(31-16)26-19(28)12-27-20(29)18(32-22(27)30)10-14-3-1-2-4-17(14)24/h1-8,10-11H,9,12H2,(H,25,26,28)/b18-10+. The summed E-state index contributed by atoms with van der Waals surface area (Å²) in [5.41, 5.74) is 1.81. The van der Waals surface area contributed by atoms with Crippen LogP contribution in [0.3, 0.4) is 0 Å². The summed E-state index contributed by atoms with van der Waals surface area (Å²) in [7, 11) is 0. The van der Waals surface area contributed by atoms with Gasteiger partial charge in [-0.05, 0) is 35.4 Å². The minimum absolute atomic E-state index is 0.184. The molecule has 0 radical (unpaired) electrons. The predicted molar refractivity (Wildman–Crippen MR) is 136 cm³/mol. The van der Waals surface area contributed by atoms with E-state index in [1.165, 1.54) is 16.2 Å². The van der Waals surface area contributed by atoms with E-state index in [4.69, 9.17) is 35.4 Å². The zero-order valence-corrected chi connectivity index (χ0v) is 20.3. The lowest BCUT2D eigenvalue weighted by Crippen LogP contribution is -2.36. The Hall–Kier alpha value is -2.23. The zero-order valence-electron chi connectivity index (χ0n) is 16.4. The van der Waals surface area contributed by atoms with Crippen LogP contribution < -0.4 is 5.32 Å². The highest BCUT2D eigenvalue weighted by Gasteiger charge is 2.33. The molecule has 10 heteroatoms. The number of thiocarbonyl (C=S) groups is 1. The highest BCUT2D eigenvalue weighted by Crippen LogP contribution is 2.33. The molecule has 0 unspecified atom stereocenters. The van der Waals surface area contributed by atoms with Gasteiger partial charge in [-0.2, -0.15) is 0 Å². The minimum Gasteiger partial charge on any atom is -0.300 e. The van der Waals surface area contributed by atoms with Gasteiger partial charge in [0.05, 0.1) is 4.91 Å². The second-order valence-corrected chi connectivity index (χ2v) is 10.4. The molecule has 162 valence electrons. The topological polar surface area (TPSA) is 62.3 Å². The molecule has 1 saturated heterocycles. The summed E-state index contributed by atoms with van der Waals surface area (Å²) in [6.45, 7) is -0.184. The van der Waals surface area contributed by atoms with Crippen LogP contribution >= 0.6 is 58.5 Å². The SMILES string of the molecule is O=C(CN1C(=O)/C(=C\c2ccccc2Cl)SC1=S)Nc1ncc(Cc2ccc(Cl)cc2)s1.